The summed E-state index contributed by atoms with van der Waals surface area (Å²) in [5.41, 5.74) is 4.05. The van der Waals surface area contributed by atoms with E-state index >= 15 is 0 Å². The lowest BCUT2D eigenvalue weighted by molar-refractivity contribution is -0.121. The van der Waals surface area contributed by atoms with Gasteiger partial charge in [0, 0.05) is 30.6 Å². The summed E-state index contributed by atoms with van der Waals surface area (Å²) in [7, 11) is 0. The van der Waals surface area contributed by atoms with Gasteiger partial charge >= 0.3 is 0 Å². The van der Waals surface area contributed by atoms with Crippen molar-refractivity contribution in [2.75, 3.05) is 0 Å². The summed E-state index contributed by atoms with van der Waals surface area (Å²) >= 11 is 0. The van der Waals surface area contributed by atoms with Crippen molar-refractivity contribution in [2.45, 2.75) is 26.9 Å². The van der Waals surface area contributed by atoms with Crippen molar-refractivity contribution in [3.63, 3.8) is 0 Å². The number of aromatic nitrogens is 3. The topological polar surface area (TPSA) is 73.0 Å². The van der Waals surface area contributed by atoms with Crippen LogP contribution in [0.5, 0.6) is 0 Å². The molecule has 1 amide bonds. The molecule has 0 unspecified atom stereocenters. The second-order valence-corrected chi connectivity index (χ2v) is 6.58. The number of hydrogen-bond donors (Lipinski definition) is 1. The van der Waals surface area contributed by atoms with Gasteiger partial charge in [-0.25, -0.2) is 0 Å². The van der Waals surface area contributed by atoms with Crippen molar-refractivity contribution < 1.29 is 9.21 Å². The molecule has 2 heterocycles. The Hall–Kier alpha value is -3.41. The molecule has 2 aromatic heterocycles. The van der Waals surface area contributed by atoms with E-state index < -0.39 is 0 Å². The van der Waals surface area contributed by atoms with E-state index in [0.717, 1.165) is 22.0 Å². The van der Waals surface area contributed by atoms with Gasteiger partial charge in [0.05, 0.1) is 5.56 Å². The van der Waals surface area contributed by atoms with Gasteiger partial charge in [-0.15, -0.1) is 10.2 Å². The highest BCUT2D eigenvalue weighted by Gasteiger charge is 2.16. The molecular formula is C21H20N4O2. The molecule has 0 saturated carbocycles. The van der Waals surface area contributed by atoms with Gasteiger partial charge in [-0.3, -0.25) is 4.79 Å². The Morgan fingerprint density at radius 2 is 1.96 bits per heavy atom. The molecule has 0 bridgehead atoms. The van der Waals surface area contributed by atoms with Crippen LogP contribution in [0.4, 0.5) is 0 Å². The highest BCUT2D eigenvalue weighted by Crippen LogP contribution is 2.29. The molecular weight excluding hydrogens is 340 g/mol. The predicted molar refractivity (Wildman–Crippen MR) is 103 cm³/mol. The number of carbonyl (C=O) groups excluding carboxylic acids is 1. The molecule has 4 rings (SSSR count). The highest BCUT2D eigenvalue weighted by atomic mass is 16.4. The maximum absolute atomic E-state index is 12.5. The maximum Gasteiger partial charge on any atom is 0.249 e. The van der Waals surface area contributed by atoms with Crippen molar-refractivity contribution in [1.82, 2.24) is 20.1 Å². The first-order valence-electron chi connectivity index (χ1n) is 8.81. The van der Waals surface area contributed by atoms with Crippen LogP contribution in [0.3, 0.4) is 0 Å². The fraction of sp³-hybridized carbons (Fsp3) is 0.190. The van der Waals surface area contributed by atoms with Gasteiger partial charge < -0.3 is 14.3 Å². The Bertz CT molecular complexity index is 1110. The number of para-hydroxylation sites is 1. The van der Waals surface area contributed by atoms with Crippen LogP contribution < -0.4 is 5.32 Å². The maximum atomic E-state index is 12.5. The second kappa shape index (κ2) is 7.07. The molecule has 4 aromatic rings. The van der Waals surface area contributed by atoms with Gasteiger partial charge in [0.1, 0.15) is 6.54 Å². The SMILES string of the molecule is Cc1cccc(CNC(=O)Cn2cc(-c3nnc(C)o3)c3ccccc32)c1. The quantitative estimate of drug-likeness (QED) is 0.590. The number of nitrogens with zero attached hydrogens (tertiary/aromatic N) is 3. The molecule has 27 heavy (non-hydrogen) atoms. The zero-order valence-corrected chi connectivity index (χ0v) is 15.3. The van der Waals surface area contributed by atoms with Crippen LogP contribution in [-0.4, -0.2) is 20.7 Å². The van der Waals surface area contributed by atoms with Crippen LogP contribution in [0.2, 0.25) is 0 Å². The third kappa shape index (κ3) is 3.60. The summed E-state index contributed by atoms with van der Waals surface area (Å²) in [6.07, 6.45) is 1.89. The van der Waals surface area contributed by atoms with Crippen LogP contribution in [0.15, 0.2) is 59.1 Å². The van der Waals surface area contributed by atoms with Crippen molar-refractivity contribution in [3.8, 4) is 11.5 Å². The molecule has 0 aliphatic carbocycles. The van der Waals surface area contributed by atoms with E-state index in [-0.39, 0.29) is 12.5 Å². The highest BCUT2D eigenvalue weighted by molar-refractivity contribution is 5.94. The molecule has 0 saturated heterocycles. The third-order valence-electron chi connectivity index (χ3n) is 4.43. The van der Waals surface area contributed by atoms with Gasteiger partial charge in [-0.05, 0) is 18.6 Å². The predicted octanol–water partition coefficient (Wildman–Crippen LogP) is 3.62. The molecule has 0 spiro atoms. The summed E-state index contributed by atoms with van der Waals surface area (Å²) in [5, 5.41) is 12.0. The third-order valence-corrected chi connectivity index (χ3v) is 4.43. The molecule has 0 aliphatic heterocycles. The van der Waals surface area contributed by atoms with Crippen LogP contribution in [0, 0.1) is 13.8 Å². The Morgan fingerprint density at radius 3 is 2.74 bits per heavy atom. The first-order chi connectivity index (χ1) is 13.1. The molecule has 0 aliphatic rings. The normalized spacial score (nSPS) is 11.0. The van der Waals surface area contributed by atoms with Crippen LogP contribution in [-0.2, 0) is 17.9 Å². The average molecular weight is 360 g/mol. The lowest BCUT2D eigenvalue weighted by Gasteiger charge is -2.08. The van der Waals surface area contributed by atoms with Gasteiger partial charge in [0.2, 0.25) is 17.7 Å². The monoisotopic (exact) mass is 360 g/mol. The fourth-order valence-electron chi connectivity index (χ4n) is 3.19. The number of rotatable bonds is 5. The zero-order chi connectivity index (χ0) is 18.8. The van der Waals surface area contributed by atoms with Crippen LogP contribution in [0.1, 0.15) is 17.0 Å². The molecule has 6 nitrogen and oxygen atoms in total. The van der Waals surface area contributed by atoms with E-state index in [0.29, 0.717) is 18.3 Å². The number of benzene rings is 2. The lowest BCUT2D eigenvalue weighted by atomic mass is 10.1. The Kier molecular flexibility index (Phi) is 4.46. The molecule has 136 valence electrons. The summed E-state index contributed by atoms with van der Waals surface area (Å²) in [6.45, 7) is 4.53. The standard InChI is InChI=1S/C21H20N4O2/c1-14-6-5-7-16(10-14)11-22-20(26)13-25-12-18(21-24-23-15(2)27-21)17-8-3-4-9-19(17)25/h3-10,12H,11,13H2,1-2H3,(H,22,26). The Balaban J connectivity index is 1.56. The Morgan fingerprint density at radius 1 is 1.11 bits per heavy atom. The molecule has 2 aromatic carbocycles. The fourth-order valence-corrected chi connectivity index (χ4v) is 3.19. The Labute approximate surface area is 156 Å². The van der Waals surface area contributed by atoms with E-state index in [1.807, 2.05) is 60.2 Å². The minimum absolute atomic E-state index is 0.0504. The largest absolute Gasteiger partial charge is 0.421 e. The minimum atomic E-state index is -0.0504. The van der Waals surface area contributed by atoms with Crippen molar-refractivity contribution in [1.29, 1.82) is 0 Å². The first-order valence-corrected chi connectivity index (χ1v) is 8.81. The summed E-state index contributed by atoms with van der Waals surface area (Å²) in [4.78, 5) is 12.5. The van der Waals surface area contributed by atoms with Crippen molar-refractivity contribution >= 4 is 16.8 Å². The molecule has 0 radical (unpaired) electrons. The molecule has 1 N–H and O–H groups in total. The number of nitrogens with one attached hydrogen (secondary N) is 1. The lowest BCUT2D eigenvalue weighted by Crippen LogP contribution is -2.26. The van der Waals surface area contributed by atoms with Crippen LogP contribution in [0.25, 0.3) is 22.4 Å². The van der Waals surface area contributed by atoms with E-state index in [4.69, 9.17) is 4.42 Å². The number of amides is 1. The van der Waals surface area contributed by atoms with Crippen molar-refractivity contribution in [3.05, 3.63) is 71.7 Å². The van der Waals surface area contributed by atoms with Gasteiger partial charge in [-0.1, -0.05) is 48.0 Å². The van der Waals surface area contributed by atoms with Crippen molar-refractivity contribution in [2.24, 2.45) is 0 Å². The summed E-state index contributed by atoms with van der Waals surface area (Å²) in [5.74, 6) is 0.922. The molecule has 6 heteroatoms. The first kappa shape index (κ1) is 17.0. The number of aryl methyl sites for hydroxylation is 2. The number of fused-ring (bicyclic) bond motifs is 1. The molecule has 0 atom stereocenters. The van der Waals surface area contributed by atoms with Gasteiger partial charge in [0.25, 0.3) is 0 Å². The number of carbonyl (C=O) groups is 1. The molecule has 0 fully saturated rings. The van der Waals surface area contributed by atoms with Gasteiger partial charge in [-0.2, -0.15) is 0 Å². The second-order valence-electron chi connectivity index (χ2n) is 6.58. The van der Waals surface area contributed by atoms with E-state index in [2.05, 4.69) is 21.6 Å². The number of hydrogen-bond acceptors (Lipinski definition) is 4. The average Bonchev–Trinajstić information content (AvgIpc) is 3.24. The van der Waals surface area contributed by atoms with E-state index in [9.17, 15) is 4.79 Å². The van der Waals surface area contributed by atoms with Crippen LogP contribution >= 0.6 is 0 Å². The van der Waals surface area contributed by atoms with E-state index in [1.165, 1.54) is 5.56 Å². The smallest absolute Gasteiger partial charge is 0.249 e. The zero-order valence-electron chi connectivity index (χ0n) is 15.3. The van der Waals surface area contributed by atoms with E-state index in [1.54, 1.807) is 6.92 Å². The summed E-state index contributed by atoms with van der Waals surface area (Å²) < 4.78 is 7.49. The van der Waals surface area contributed by atoms with Gasteiger partial charge in [0.15, 0.2) is 0 Å². The minimum Gasteiger partial charge on any atom is -0.421 e. The summed E-state index contributed by atoms with van der Waals surface area (Å²) in [6, 6.07) is 16.0.